The number of benzene rings is 1. The van der Waals surface area contributed by atoms with E-state index in [0.29, 0.717) is 10.6 Å². The number of hydrogen-bond acceptors (Lipinski definition) is 2. The molecule has 1 aromatic rings. The van der Waals surface area contributed by atoms with Crippen LogP contribution < -0.4 is 5.32 Å². The smallest absolute Gasteiger partial charge is 0.251 e. The molecule has 2 fully saturated rings. The minimum Gasteiger partial charge on any atom is -0.348 e. The van der Waals surface area contributed by atoms with Crippen molar-refractivity contribution in [3.8, 4) is 0 Å². The zero-order valence-corrected chi connectivity index (χ0v) is 11.0. The number of rotatable bonds is 3. The van der Waals surface area contributed by atoms with Crippen molar-refractivity contribution >= 4 is 17.5 Å². The van der Waals surface area contributed by atoms with Gasteiger partial charge in [-0.05, 0) is 37.5 Å². The molecule has 1 aromatic carbocycles. The number of carbonyl (C=O) groups excluding carboxylic acids is 1. The van der Waals surface area contributed by atoms with Crippen molar-refractivity contribution in [1.29, 1.82) is 0 Å². The Morgan fingerprint density at radius 2 is 2.17 bits per heavy atom. The maximum absolute atomic E-state index is 12.1. The standard InChI is InChI=1S/C14H17ClN2O/c15-11-3-1-2-10(8-11)14(18)16-12-6-7-17(9-12)13-4-5-13/h1-3,8,12-13H,4-7,9H2,(H,16,18). The zero-order chi connectivity index (χ0) is 12.5. The molecular weight excluding hydrogens is 248 g/mol. The van der Waals surface area contributed by atoms with Gasteiger partial charge in [-0.1, -0.05) is 17.7 Å². The summed E-state index contributed by atoms with van der Waals surface area (Å²) in [6.07, 6.45) is 3.72. The van der Waals surface area contributed by atoms with Gasteiger partial charge in [0.05, 0.1) is 0 Å². The topological polar surface area (TPSA) is 32.3 Å². The Bertz CT molecular complexity index is 459. The van der Waals surface area contributed by atoms with Crippen molar-refractivity contribution in [2.75, 3.05) is 13.1 Å². The molecule has 1 saturated carbocycles. The van der Waals surface area contributed by atoms with E-state index < -0.39 is 0 Å². The monoisotopic (exact) mass is 264 g/mol. The Balaban J connectivity index is 1.58. The highest BCUT2D eigenvalue weighted by Crippen LogP contribution is 2.29. The number of hydrogen-bond donors (Lipinski definition) is 1. The molecule has 1 aliphatic heterocycles. The zero-order valence-electron chi connectivity index (χ0n) is 10.2. The van der Waals surface area contributed by atoms with Gasteiger partial charge >= 0.3 is 0 Å². The molecule has 1 saturated heterocycles. The number of carbonyl (C=O) groups is 1. The van der Waals surface area contributed by atoms with Gasteiger partial charge in [0.15, 0.2) is 0 Å². The third-order valence-corrected chi connectivity index (χ3v) is 3.94. The summed E-state index contributed by atoms with van der Waals surface area (Å²) in [6, 6.07) is 8.18. The van der Waals surface area contributed by atoms with Gasteiger partial charge < -0.3 is 5.32 Å². The van der Waals surface area contributed by atoms with Crippen LogP contribution in [0.25, 0.3) is 0 Å². The average molecular weight is 265 g/mol. The SMILES string of the molecule is O=C(NC1CCN(C2CC2)C1)c1cccc(Cl)c1. The summed E-state index contributed by atoms with van der Waals surface area (Å²) in [4.78, 5) is 14.5. The average Bonchev–Trinajstić information content (AvgIpc) is 3.11. The van der Waals surface area contributed by atoms with Crippen molar-refractivity contribution in [2.45, 2.75) is 31.3 Å². The fourth-order valence-electron chi connectivity index (χ4n) is 2.57. The van der Waals surface area contributed by atoms with Crippen molar-refractivity contribution in [2.24, 2.45) is 0 Å². The second kappa shape index (κ2) is 4.90. The third-order valence-electron chi connectivity index (χ3n) is 3.70. The van der Waals surface area contributed by atoms with Crippen LogP contribution in [0.2, 0.25) is 5.02 Å². The molecule has 0 spiro atoms. The van der Waals surface area contributed by atoms with E-state index >= 15 is 0 Å². The molecule has 96 valence electrons. The molecule has 1 heterocycles. The number of amides is 1. The molecule has 0 radical (unpaired) electrons. The first-order chi connectivity index (χ1) is 8.72. The molecule has 0 bridgehead atoms. The summed E-state index contributed by atoms with van der Waals surface area (Å²) in [6.45, 7) is 2.11. The van der Waals surface area contributed by atoms with Crippen LogP contribution in [0.15, 0.2) is 24.3 Å². The van der Waals surface area contributed by atoms with Crippen LogP contribution in [0.5, 0.6) is 0 Å². The molecular formula is C14H17ClN2O. The number of nitrogens with one attached hydrogen (secondary N) is 1. The molecule has 3 rings (SSSR count). The molecule has 0 aromatic heterocycles. The highest BCUT2D eigenvalue weighted by Gasteiger charge is 2.34. The first-order valence-electron chi connectivity index (χ1n) is 6.53. The van der Waals surface area contributed by atoms with Gasteiger partial charge in [-0.3, -0.25) is 9.69 Å². The van der Waals surface area contributed by atoms with E-state index in [1.807, 2.05) is 6.07 Å². The Labute approximate surface area is 112 Å². The Morgan fingerprint density at radius 3 is 2.89 bits per heavy atom. The first kappa shape index (κ1) is 12.0. The normalized spacial score (nSPS) is 24.2. The van der Waals surface area contributed by atoms with E-state index in [1.165, 1.54) is 12.8 Å². The maximum atomic E-state index is 12.1. The largest absolute Gasteiger partial charge is 0.348 e. The van der Waals surface area contributed by atoms with Crippen LogP contribution in [0, 0.1) is 0 Å². The van der Waals surface area contributed by atoms with Gasteiger partial charge in [-0.2, -0.15) is 0 Å². The summed E-state index contributed by atoms with van der Waals surface area (Å²) >= 11 is 5.89. The van der Waals surface area contributed by atoms with E-state index in [1.54, 1.807) is 18.2 Å². The highest BCUT2D eigenvalue weighted by molar-refractivity contribution is 6.30. The number of nitrogens with zero attached hydrogens (tertiary/aromatic N) is 1. The number of likely N-dealkylation sites (tertiary alicyclic amines) is 1. The van der Waals surface area contributed by atoms with Crippen LogP contribution in [-0.2, 0) is 0 Å². The molecule has 1 aliphatic carbocycles. The Kier molecular flexibility index (Phi) is 3.27. The van der Waals surface area contributed by atoms with Gasteiger partial charge in [0.1, 0.15) is 0 Å². The molecule has 1 amide bonds. The molecule has 1 atom stereocenters. The van der Waals surface area contributed by atoms with Gasteiger partial charge in [0.2, 0.25) is 0 Å². The van der Waals surface area contributed by atoms with Crippen molar-refractivity contribution in [3.63, 3.8) is 0 Å². The van der Waals surface area contributed by atoms with E-state index in [2.05, 4.69) is 10.2 Å². The third kappa shape index (κ3) is 2.68. The summed E-state index contributed by atoms with van der Waals surface area (Å²) in [5, 5.41) is 3.70. The Morgan fingerprint density at radius 1 is 1.33 bits per heavy atom. The maximum Gasteiger partial charge on any atom is 0.251 e. The number of halogens is 1. The highest BCUT2D eigenvalue weighted by atomic mass is 35.5. The minimum absolute atomic E-state index is 0.0138. The molecule has 3 nitrogen and oxygen atoms in total. The van der Waals surface area contributed by atoms with Crippen molar-refractivity contribution < 1.29 is 4.79 Å². The minimum atomic E-state index is -0.0138. The van der Waals surface area contributed by atoms with Crippen molar-refractivity contribution in [1.82, 2.24) is 10.2 Å². The molecule has 1 N–H and O–H groups in total. The summed E-state index contributed by atoms with van der Waals surface area (Å²) < 4.78 is 0. The molecule has 18 heavy (non-hydrogen) atoms. The Hall–Kier alpha value is -1.06. The lowest BCUT2D eigenvalue weighted by molar-refractivity contribution is 0.0937. The lowest BCUT2D eigenvalue weighted by atomic mass is 10.2. The summed E-state index contributed by atoms with van der Waals surface area (Å²) in [7, 11) is 0. The van der Waals surface area contributed by atoms with Crippen LogP contribution >= 0.6 is 11.6 Å². The predicted molar refractivity (Wildman–Crippen MR) is 71.9 cm³/mol. The quantitative estimate of drug-likeness (QED) is 0.909. The molecule has 2 aliphatic rings. The predicted octanol–water partition coefficient (Wildman–Crippen LogP) is 2.31. The van der Waals surface area contributed by atoms with Gasteiger partial charge in [0.25, 0.3) is 5.91 Å². The van der Waals surface area contributed by atoms with Crippen LogP contribution in [0.1, 0.15) is 29.6 Å². The fraction of sp³-hybridized carbons (Fsp3) is 0.500. The second-order valence-corrected chi connectivity index (χ2v) is 5.63. The van der Waals surface area contributed by atoms with E-state index in [-0.39, 0.29) is 11.9 Å². The molecule has 4 heteroatoms. The first-order valence-corrected chi connectivity index (χ1v) is 6.90. The van der Waals surface area contributed by atoms with E-state index in [4.69, 9.17) is 11.6 Å². The van der Waals surface area contributed by atoms with Crippen molar-refractivity contribution in [3.05, 3.63) is 34.9 Å². The summed E-state index contributed by atoms with van der Waals surface area (Å²) in [5.41, 5.74) is 0.646. The fourth-order valence-corrected chi connectivity index (χ4v) is 2.77. The lowest BCUT2D eigenvalue weighted by Gasteiger charge is -2.15. The van der Waals surface area contributed by atoms with Crippen LogP contribution in [0.3, 0.4) is 0 Å². The van der Waals surface area contributed by atoms with Gasteiger partial charge in [-0.15, -0.1) is 0 Å². The second-order valence-electron chi connectivity index (χ2n) is 5.20. The molecule has 1 unspecified atom stereocenters. The van der Waals surface area contributed by atoms with Gasteiger partial charge in [-0.25, -0.2) is 0 Å². The van der Waals surface area contributed by atoms with Crippen LogP contribution in [0.4, 0.5) is 0 Å². The van der Waals surface area contributed by atoms with Gasteiger partial charge in [0, 0.05) is 35.8 Å². The summed E-state index contributed by atoms with van der Waals surface area (Å²) in [5.74, 6) is -0.0138. The van der Waals surface area contributed by atoms with E-state index in [9.17, 15) is 4.79 Å². The van der Waals surface area contributed by atoms with E-state index in [0.717, 1.165) is 25.6 Å². The van der Waals surface area contributed by atoms with Crippen LogP contribution in [-0.4, -0.2) is 36.0 Å². The lowest BCUT2D eigenvalue weighted by Crippen LogP contribution is -2.37.